The second-order valence-corrected chi connectivity index (χ2v) is 7.23. The molecule has 0 spiro atoms. The number of hydrogen-bond acceptors (Lipinski definition) is 6. The van der Waals surface area contributed by atoms with E-state index in [1.165, 1.54) is 6.07 Å². The molecule has 31 heavy (non-hydrogen) atoms. The van der Waals surface area contributed by atoms with Crippen molar-refractivity contribution in [3.8, 4) is 17.6 Å². The minimum Gasteiger partial charge on any atom is -0.457 e. The molecule has 8 heteroatoms. The minimum atomic E-state index is -0.692. The van der Waals surface area contributed by atoms with E-state index in [0.29, 0.717) is 28.0 Å². The molecule has 2 N–H and O–H groups in total. The maximum atomic E-state index is 12.3. The number of amides is 3. The molecule has 0 aliphatic carbocycles. The van der Waals surface area contributed by atoms with Crippen LogP contribution in [0.3, 0.4) is 0 Å². The highest BCUT2D eigenvalue weighted by molar-refractivity contribution is 7.98. The van der Waals surface area contributed by atoms with Gasteiger partial charge < -0.3 is 9.15 Å². The fourth-order valence-electron chi connectivity index (χ4n) is 2.75. The van der Waals surface area contributed by atoms with Crippen LogP contribution in [0.1, 0.15) is 16.1 Å². The zero-order chi connectivity index (χ0) is 21.6. The van der Waals surface area contributed by atoms with Crippen molar-refractivity contribution in [2.24, 2.45) is 0 Å². The van der Waals surface area contributed by atoms with Crippen LogP contribution in [0.4, 0.5) is 4.79 Å². The number of fused-ring (bicyclic) bond motifs is 1. The van der Waals surface area contributed by atoms with E-state index in [1.807, 2.05) is 36.4 Å². The molecule has 0 aliphatic heterocycles. The van der Waals surface area contributed by atoms with Crippen LogP contribution in [0, 0.1) is 11.3 Å². The number of carbonyl (C=O) groups excluding carboxylic acids is 2. The normalized spacial score (nSPS) is 10.3. The number of ether oxygens (including phenoxy) is 1. The zero-order valence-corrected chi connectivity index (χ0v) is 16.8. The summed E-state index contributed by atoms with van der Waals surface area (Å²) >= 11 is 1.04. The third-order valence-corrected chi connectivity index (χ3v) is 4.92. The molecule has 4 rings (SSSR count). The maximum Gasteiger partial charge on any atom is 0.332 e. The smallest absolute Gasteiger partial charge is 0.332 e. The molecule has 0 fully saturated rings. The molecule has 152 valence electrons. The number of nitrogens with one attached hydrogen (secondary N) is 2. The fraction of sp³-hybridized carbons (Fsp3) is 0. The van der Waals surface area contributed by atoms with Crippen molar-refractivity contribution in [3.63, 3.8) is 0 Å². The number of nitrogens with zero attached hydrogens (tertiary/aromatic N) is 1. The van der Waals surface area contributed by atoms with Crippen molar-refractivity contribution in [2.75, 3.05) is 0 Å². The number of imide groups is 1. The Morgan fingerprint density at radius 3 is 2.55 bits per heavy atom. The van der Waals surface area contributed by atoms with Gasteiger partial charge in [-0.1, -0.05) is 24.3 Å². The van der Waals surface area contributed by atoms with Gasteiger partial charge in [-0.3, -0.25) is 14.8 Å². The lowest BCUT2D eigenvalue weighted by Crippen LogP contribution is -2.36. The van der Waals surface area contributed by atoms with Gasteiger partial charge in [0.15, 0.2) is 5.76 Å². The number of carbonyl (C=O) groups is 2. The van der Waals surface area contributed by atoms with Crippen molar-refractivity contribution >= 4 is 34.9 Å². The van der Waals surface area contributed by atoms with Gasteiger partial charge >= 0.3 is 6.03 Å². The molecular weight excluding hydrogens is 414 g/mol. The van der Waals surface area contributed by atoms with Crippen LogP contribution in [0.2, 0.25) is 0 Å². The monoisotopic (exact) mass is 429 g/mol. The van der Waals surface area contributed by atoms with E-state index >= 15 is 0 Å². The fourth-order valence-corrected chi connectivity index (χ4v) is 3.33. The van der Waals surface area contributed by atoms with E-state index in [4.69, 9.17) is 14.4 Å². The number of rotatable bonds is 5. The Morgan fingerprint density at radius 2 is 1.74 bits per heavy atom. The van der Waals surface area contributed by atoms with E-state index in [-0.39, 0.29) is 5.76 Å². The van der Waals surface area contributed by atoms with Gasteiger partial charge in [0.1, 0.15) is 17.1 Å². The van der Waals surface area contributed by atoms with Gasteiger partial charge in [-0.05, 0) is 66.5 Å². The van der Waals surface area contributed by atoms with Crippen molar-refractivity contribution in [3.05, 3.63) is 90.2 Å². The van der Waals surface area contributed by atoms with Gasteiger partial charge in [0, 0.05) is 10.3 Å². The molecule has 1 aromatic heterocycles. The van der Waals surface area contributed by atoms with Gasteiger partial charge in [-0.15, -0.1) is 0 Å². The molecule has 0 aliphatic rings. The van der Waals surface area contributed by atoms with E-state index in [2.05, 4.69) is 10.0 Å². The van der Waals surface area contributed by atoms with E-state index in [1.54, 1.807) is 42.5 Å². The third kappa shape index (κ3) is 5.04. The average Bonchev–Trinajstić information content (AvgIpc) is 3.22. The lowest BCUT2D eigenvalue weighted by atomic mass is 10.2. The van der Waals surface area contributed by atoms with Crippen LogP contribution in [-0.4, -0.2) is 11.9 Å². The Balaban J connectivity index is 1.34. The van der Waals surface area contributed by atoms with E-state index < -0.39 is 11.9 Å². The first-order valence-corrected chi connectivity index (χ1v) is 9.97. The van der Waals surface area contributed by atoms with Gasteiger partial charge in [0.25, 0.3) is 5.91 Å². The van der Waals surface area contributed by atoms with Crippen molar-refractivity contribution in [1.29, 1.82) is 5.26 Å². The van der Waals surface area contributed by atoms with Crippen molar-refractivity contribution in [1.82, 2.24) is 10.0 Å². The number of nitriles is 1. The number of hydrogen-bond donors (Lipinski definition) is 2. The van der Waals surface area contributed by atoms with Gasteiger partial charge in [0.2, 0.25) is 0 Å². The van der Waals surface area contributed by atoms with Gasteiger partial charge in [-0.2, -0.15) is 5.26 Å². The minimum absolute atomic E-state index is 0.0245. The Morgan fingerprint density at radius 1 is 0.935 bits per heavy atom. The quantitative estimate of drug-likeness (QED) is 0.420. The highest BCUT2D eigenvalue weighted by atomic mass is 32.2. The molecule has 3 aromatic carbocycles. The predicted octanol–water partition coefficient (Wildman–Crippen LogP) is 5.24. The number of furan rings is 1. The largest absolute Gasteiger partial charge is 0.457 e. The van der Waals surface area contributed by atoms with Crippen LogP contribution >= 0.6 is 11.9 Å². The Hall–Kier alpha value is -4.22. The third-order valence-electron chi connectivity index (χ3n) is 4.14. The zero-order valence-electron chi connectivity index (χ0n) is 16.0. The molecular formula is C23H15N3O4S. The second kappa shape index (κ2) is 9.07. The molecule has 0 unspecified atom stereocenters. The van der Waals surface area contributed by atoms with Gasteiger partial charge in [0.05, 0.1) is 11.6 Å². The Labute approximate surface area is 181 Å². The summed E-state index contributed by atoms with van der Waals surface area (Å²) in [6.07, 6.45) is 0. The highest BCUT2D eigenvalue weighted by Crippen LogP contribution is 2.25. The Bertz CT molecular complexity index is 1300. The van der Waals surface area contributed by atoms with Gasteiger partial charge in [-0.25, -0.2) is 4.79 Å². The first-order chi connectivity index (χ1) is 15.1. The highest BCUT2D eigenvalue weighted by Gasteiger charge is 2.16. The van der Waals surface area contributed by atoms with Crippen LogP contribution in [0.25, 0.3) is 11.0 Å². The summed E-state index contributed by atoms with van der Waals surface area (Å²) < 4.78 is 13.8. The molecule has 0 saturated heterocycles. The molecule has 0 saturated carbocycles. The Kier molecular flexibility index (Phi) is 5.87. The summed E-state index contributed by atoms with van der Waals surface area (Å²) in [7, 11) is 0. The molecule has 3 amide bonds. The van der Waals surface area contributed by atoms with Crippen LogP contribution in [-0.2, 0) is 0 Å². The molecule has 0 bridgehead atoms. The van der Waals surface area contributed by atoms with Crippen LogP contribution in [0.15, 0.2) is 88.2 Å². The average molecular weight is 429 g/mol. The topological polar surface area (TPSA) is 104 Å². The standard InChI is InChI=1S/C23H15N3O4S/c24-14-15-9-10-20-16(11-15)12-21(30-20)22(27)25-23(28)26-31-19-8-4-7-18(13-19)29-17-5-2-1-3-6-17/h1-13H,(H2,25,26,27,28). The number of benzene rings is 3. The van der Waals surface area contributed by atoms with Crippen molar-refractivity contribution in [2.45, 2.75) is 4.90 Å². The molecule has 1 heterocycles. The summed E-state index contributed by atoms with van der Waals surface area (Å²) in [6, 6.07) is 24.1. The molecule has 0 atom stereocenters. The summed E-state index contributed by atoms with van der Waals surface area (Å²) in [5.74, 6) is 0.611. The molecule has 0 radical (unpaired) electrons. The predicted molar refractivity (Wildman–Crippen MR) is 116 cm³/mol. The molecule has 7 nitrogen and oxygen atoms in total. The first kappa shape index (κ1) is 20.1. The maximum absolute atomic E-state index is 12.3. The summed E-state index contributed by atoms with van der Waals surface area (Å²) in [6.45, 7) is 0. The molecule has 4 aromatic rings. The first-order valence-electron chi connectivity index (χ1n) is 9.15. The van der Waals surface area contributed by atoms with Crippen LogP contribution in [0.5, 0.6) is 11.5 Å². The lowest BCUT2D eigenvalue weighted by Gasteiger charge is -2.08. The van der Waals surface area contributed by atoms with E-state index in [9.17, 15) is 9.59 Å². The summed E-state index contributed by atoms with van der Waals surface area (Å²) in [5.41, 5.74) is 0.905. The van der Waals surface area contributed by atoms with Crippen molar-refractivity contribution < 1.29 is 18.7 Å². The SMILES string of the molecule is N#Cc1ccc2oc(C(=O)NC(=O)NSc3cccc(Oc4ccccc4)c3)cc2c1. The van der Waals surface area contributed by atoms with E-state index in [0.717, 1.165) is 16.8 Å². The second-order valence-electron chi connectivity index (χ2n) is 6.35. The number of urea groups is 1. The summed E-state index contributed by atoms with van der Waals surface area (Å²) in [5, 5.41) is 11.8. The number of para-hydroxylation sites is 1. The summed E-state index contributed by atoms with van der Waals surface area (Å²) in [4.78, 5) is 25.1. The lowest BCUT2D eigenvalue weighted by molar-refractivity contribution is 0.0940. The van der Waals surface area contributed by atoms with Crippen LogP contribution < -0.4 is 14.8 Å².